The lowest BCUT2D eigenvalue weighted by Crippen LogP contribution is -2.24. The lowest BCUT2D eigenvalue weighted by atomic mass is 10.3. The highest BCUT2D eigenvalue weighted by Gasteiger charge is 2.32. The predicted molar refractivity (Wildman–Crippen MR) is 83.6 cm³/mol. The van der Waals surface area contributed by atoms with Crippen molar-refractivity contribution in [1.82, 2.24) is 0 Å². The van der Waals surface area contributed by atoms with E-state index in [2.05, 4.69) is 15.0 Å². The molecule has 0 aliphatic carbocycles. The number of hydrogen-bond donors (Lipinski definition) is 2. The average Bonchev–Trinajstić information content (AvgIpc) is 2.30. The van der Waals surface area contributed by atoms with Gasteiger partial charge < -0.3 is 15.8 Å². The molecule has 0 aliphatic rings. The Morgan fingerprint density at radius 1 is 1.35 bits per heavy atom. The summed E-state index contributed by atoms with van der Waals surface area (Å²) in [7, 11) is 0. The van der Waals surface area contributed by atoms with Crippen LogP contribution in [0.3, 0.4) is 0 Å². The minimum atomic E-state index is -4.74. The Kier molecular flexibility index (Phi) is 8.35. The summed E-state index contributed by atoms with van der Waals surface area (Å²) < 4.78 is 40.5. The van der Waals surface area contributed by atoms with E-state index in [1.807, 2.05) is 6.92 Å². The number of guanidine groups is 1. The maximum Gasteiger partial charge on any atom is 0.573 e. The van der Waals surface area contributed by atoms with Crippen molar-refractivity contribution >= 4 is 35.6 Å². The highest BCUT2D eigenvalue weighted by molar-refractivity contribution is 14.0. The van der Waals surface area contributed by atoms with Gasteiger partial charge in [0.1, 0.15) is 0 Å². The van der Waals surface area contributed by atoms with Gasteiger partial charge >= 0.3 is 6.36 Å². The van der Waals surface area contributed by atoms with Gasteiger partial charge in [0.15, 0.2) is 11.7 Å². The number of nitrogens with two attached hydrogens (primary N) is 1. The molecule has 1 rings (SSSR count). The first-order valence-corrected chi connectivity index (χ1v) is 5.84. The van der Waals surface area contributed by atoms with E-state index in [4.69, 9.17) is 5.73 Å². The second kappa shape index (κ2) is 8.88. The minimum Gasteiger partial charge on any atom is -0.404 e. The van der Waals surface area contributed by atoms with Crippen LogP contribution in [0.25, 0.3) is 0 Å². The van der Waals surface area contributed by atoms with Crippen LogP contribution in [-0.4, -0.2) is 18.9 Å². The maximum atomic E-state index is 12.2. The van der Waals surface area contributed by atoms with Crippen molar-refractivity contribution in [2.45, 2.75) is 26.1 Å². The van der Waals surface area contributed by atoms with Crippen molar-refractivity contribution in [2.75, 3.05) is 11.9 Å². The summed E-state index contributed by atoms with van der Waals surface area (Å²) in [5, 5.41) is 2.59. The normalized spacial score (nSPS) is 11.7. The molecule has 1 aromatic carbocycles. The van der Waals surface area contributed by atoms with Crippen molar-refractivity contribution in [2.24, 2.45) is 10.7 Å². The van der Waals surface area contributed by atoms with Crippen LogP contribution in [0.15, 0.2) is 29.3 Å². The molecule has 0 radical (unpaired) electrons. The molecule has 0 aromatic heterocycles. The largest absolute Gasteiger partial charge is 0.573 e. The minimum absolute atomic E-state index is 0. The van der Waals surface area contributed by atoms with Gasteiger partial charge in [-0.25, -0.2) is 0 Å². The van der Waals surface area contributed by atoms with Gasteiger partial charge in [0, 0.05) is 6.54 Å². The number of benzene rings is 1. The monoisotopic (exact) mass is 403 g/mol. The first-order valence-electron chi connectivity index (χ1n) is 5.84. The molecule has 4 nitrogen and oxygen atoms in total. The fraction of sp³-hybridized carbons (Fsp3) is 0.417. The van der Waals surface area contributed by atoms with E-state index in [1.165, 1.54) is 18.2 Å². The molecule has 0 aliphatic heterocycles. The Balaban J connectivity index is 0.00000361. The number of rotatable bonds is 5. The molecular weight excluding hydrogens is 386 g/mol. The van der Waals surface area contributed by atoms with Crippen LogP contribution >= 0.6 is 24.0 Å². The van der Waals surface area contributed by atoms with Gasteiger partial charge in [-0.3, -0.25) is 4.99 Å². The van der Waals surface area contributed by atoms with Gasteiger partial charge in [0.05, 0.1) is 5.69 Å². The van der Waals surface area contributed by atoms with Crippen LogP contribution in [0, 0.1) is 0 Å². The molecular formula is C12H17F3IN3O. The van der Waals surface area contributed by atoms with E-state index < -0.39 is 6.36 Å². The second-order valence-corrected chi connectivity index (χ2v) is 3.79. The number of alkyl halides is 3. The molecule has 0 unspecified atom stereocenters. The molecule has 3 N–H and O–H groups in total. The summed E-state index contributed by atoms with van der Waals surface area (Å²) in [4.78, 5) is 3.99. The van der Waals surface area contributed by atoms with Crippen molar-refractivity contribution in [3.05, 3.63) is 24.3 Å². The number of para-hydroxylation sites is 2. The van der Waals surface area contributed by atoms with Gasteiger partial charge in [0.2, 0.25) is 0 Å². The second-order valence-electron chi connectivity index (χ2n) is 3.79. The van der Waals surface area contributed by atoms with E-state index in [0.29, 0.717) is 6.54 Å². The zero-order valence-electron chi connectivity index (χ0n) is 10.9. The third kappa shape index (κ3) is 7.41. The Hall–Kier alpha value is -1.19. The van der Waals surface area contributed by atoms with Gasteiger partial charge in [-0.1, -0.05) is 25.5 Å². The Bertz CT molecular complexity index is 438. The fourth-order valence-corrected chi connectivity index (χ4v) is 1.32. The summed E-state index contributed by atoms with van der Waals surface area (Å²) >= 11 is 0. The quantitative estimate of drug-likeness (QED) is 0.341. The smallest absolute Gasteiger partial charge is 0.404 e. The van der Waals surface area contributed by atoms with Crippen molar-refractivity contribution in [3.63, 3.8) is 0 Å². The van der Waals surface area contributed by atoms with E-state index in [9.17, 15) is 13.2 Å². The van der Waals surface area contributed by atoms with E-state index >= 15 is 0 Å². The first-order chi connectivity index (χ1) is 8.92. The van der Waals surface area contributed by atoms with E-state index in [1.54, 1.807) is 6.07 Å². The number of unbranched alkanes of at least 4 members (excludes halogenated alkanes) is 1. The summed E-state index contributed by atoms with van der Waals surface area (Å²) in [5.41, 5.74) is 5.70. The van der Waals surface area contributed by atoms with Gasteiger partial charge in [0.25, 0.3) is 0 Å². The van der Waals surface area contributed by atoms with Crippen LogP contribution in [0.5, 0.6) is 5.75 Å². The van der Waals surface area contributed by atoms with Gasteiger partial charge in [-0.15, -0.1) is 37.1 Å². The molecule has 0 saturated heterocycles. The van der Waals surface area contributed by atoms with Crippen LogP contribution in [-0.2, 0) is 0 Å². The molecule has 0 saturated carbocycles. The van der Waals surface area contributed by atoms with Gasteiger partial charge in [-0.2, -0.15) is 0 Å². The molecule has 114 valence electrons. The Morgan fingerprint density at radius 3 is 2.60 bits per heavy atom. The molecule has 0 spiro atoms. The number of aliphatic imine (C=N–C) groups is 1. The average molecular weight is 403 g/mol. The number of halogens is 4. The lowest BCUT2D eigenvalue weighted by molar-refractivity contribution is -0.274. The Morgan fingerprint density at radius 2 is 2.00 bits per heavy atom. The Labute approximate surface area is 132 Å². The summed E-state index contributed by atoms with van der Waals surface area (Å²) in [6.07, 6.45) is -2.92. The molecule has 0 atom stereocenters. The van der Waals surface area contributed by atoms with Crippen LogP contribution in [0.1, 0.15) is 19.8 Å². The molecule has 0 amide bonds. The van der Waals surface area contributed by atoms with Crippen molar-refractivity contribution in [1.29, 1.82) is 0 Å². The zero-order valence-corrected chi connectivity index (χ0v) is 13.2. The highest BCUT2D eigenvalue weighted by Crippen LogP contribution is 2.29. The van der Waals surface area contributed by atoms with Crippen molar-refractivity contribution in [3.8, 4) is 5.75 Å². The predicted octanol–water partition coefficient (Wildman–Crippen LogP) is 3.73. The molecule has 0 fully saturated rings. The van der Waals surface area contributed by atoms with Gasteiger partial charge in [-0.05, 0) is 18.6 Å². The molecule has 20 heavy (non-hydrogen) atoms. The molecule has 8 heteroatoms. The number of ether oxygens (including phenoxy) is 1. The fourth-order valence-electron chi connectivity index (χ4n) is 1.32. The summed E-state index contributed by atoms with van der Waals surface area (Å²) in [6, 6.07) is 5.65. The number of hydrogen-bond acceptors (Lipinski definition) is 2. The third-order valence-corrected chi connectivity index (χ3v) is 2.17. The van der Waals surface area contributed by atoms with E-state index in [-0.39, 0.29) is 41.4 Å². The summed E-state index contributed by atoms with van der Waals surface area (Å²) in [5.74, 6) is -0.282. The molecule has 0 heterocycles. The zero-order chi connectivity index (χ0) is 14.3. The summed E-state index contributed by atoms with van der Waals surface area (Å²) in [6.45, 7) is 2.53. The standard InChI is InChI=1S/C12H16F3N3O.HI/c1-2-3-8-17-11(16)18-9-6-4-5-7-10(9)19-12(13,14)15;/h4-7H,2-3,8H2,1H3,(H3,16,17,18);1H. The third-order valence-electron chi connectivity index (χ3n) is 2.17. The van der Waals surface area contributed by atoms with Crippen molar-refractivity contribution < 1.29 is 17.9 Å². The maximum absolute atomic E-state index is 12.2. The molecule has 1 aromatic rings. The highest BCUT2D eigenvalue weighted by atomic mass is 127. The van der Waals surface area contributed by atoms with E-state index in [0.717, 1.165) is 12.8 Å². The van der Waals surface area contributed by atoms with Crippen LogP contribution < -0.4 is 15.8 Å². The topological polar surface area (TPSA) is 59.6 Å². The SMILES string of the molecule is CCCCN=C(N)Nc1ccccc1OC(F)(F)F.I. The number of nitrogens with zero attached hydrogens (tertiary/aromatic N) is 1. The number of nitrogens with one attached hydrogen (secondary N) is 1. The lowest BCUT2D eigenvalue weighted by Gasteiger charge is -2.14. The molecule has 0 bridgehead atoms. The van der Waals surface area contributed by atoms with Crippen LogP contribution in [0.4, 0.5) is 18.9 Å². The van der Waals surface area contributed by atoms with Crippen LogP contribution in [0.2, 0.25) is 0 Å². The number of anilines is 1. The first kappa shape index (κ1) is 18.8.